The minimum Gasteiger partial charge on any atom is -0.383 e. The van der Waals surface area contributed by atoms with Gasteiger partial charge in [-0.2, -0.15) is 0 Å². The number of ether oxygens (including phenoxy) is 1. The summed E-state index contributed by atoms with van der Waals surface area (Å²) in [5.74, 6) is 2.84. The fourth-order valence-corrected chi connectivity index (χ4v) is 2.13. The van der Waals surface area contributed by atoms with E-state index in [9.17, 15) is 0 Å². The van der Waals surface area contributed by atoms with Gasteiger partial charge in [0.05, 0.1) is 6.61 Å². The first-order valence-electron chi connectivity index (χ1n) is 7.42. The van der Waals surface area contributed by atoms with Crippen molar-refractivity contribution in [2.24, 2.45) is 0 Å². The molecule has 1 aromatic rings. The number of hydrogen-bond donors (Lipinski definition) is 1. The minimum atomic E-state index is 0.373. The van der Waals surface area contributed by atoms with Crippen LogP contribution >= 0.6 is 0 Å². The molecule has 20 heavy (non-hydrogen) atoms. The summed E-state index contributed by atoms with van der Waals surface area (Å²) in [6.07, 6.45) is 0.835. The lowest BCUT2D eigenvalue weighted by Crippen LogP contribution is -2.35. The molecule has 1 aromatic heterocycles. The second kappa shape index (κ2) is 8.04. The molecule has 0 bridgehead atoms. The number of methoxy groups -OCH3 is 1. The van der Waals surface area contributed by atoms with E-state index in [0.29, 0.717) is 12.6 Å². The third-order valence-electron chi connectivity index (χ3n) is 3.26. The summed E-state index contributed by atoms with van der Waals surface area (Å²) in [4.78, 5) is 11.6. The first kappa shape index (κ1) is 16.7. The zero-order chi connectivity index (χ0) is 15.1. The van der Waals surface area contributed by atoms with E-state index in [4.69, 9.17) is 9.72 Å². The van der Waals surface area contributed by atoms with Gasteiger partial charge in [-0.25, -0.2) is 9.97 Å². The van der Waals surface area contributed by atoms with Gasteiger partial charge < -0.3 is 15.0 Å². The molecule has 0 radical (unpaired) electrons. The van der Waals surface area contributed by atoms with E-state index >= 15 is 0 Å². The Morgan fingerprint density at radius 1 is 1.25 bits per heavy atom. The van der Waals surface area contributed by atoms with Crippen LogP contribution in [0.4, 0.5) is 11.6 Å². The Bertz CT molecular complexity index is 421. The Kier molecular flexibility index (Phi) is 6.71. The number of aryl methyl sites for hydroxylation is 1. The Labute approximate surface area is 122 Å². The third-order valence-corrected chi connectivity index (χ3v) is 3.26. The summed E-state index contributed by atoms with van der Waals surface area (Å²) in [6, 6.07) is 0.373. The molecular formula is C15H28N4O. The Morgan fingerprint density at radius 3 is 2.45 bits per heavy atom. The van der Waals surface area contributed by atoms with Crippen molar-refractivity contribution >= 4 is 11.6 Å². The van der Waals surface area contributed by atoms with Gasteiger partial charge in [0, 0.05) is 38.2 Å². The average molecular weight is 280 g/mol. The van der Waals surface area contributed by atoms with Crippen LogP contribution in [0.25, 0.3) is 0 Å². The molecule has 0 aromatic carbocycles. The van der Waals surface area contributed by atoms with Crippen molar-refractivity contribution in [3.8, 4) is 0 Å². The van der Waals surface area contributed by atoms with E-state index in [-0.39, 0.29) is 0 Å². The summed E-state index contributed by atoms with van der Waals surface area (Å²) in [5, 5.41) is 3.33. The van der Waals surface area contributed by atoms with E-state index in [2.05, 4.69) is 49.8 Å². The van der Waals surface area contributed by atoms with E-state index < -0.39 is 0 Å². The summed E-state index contributed by atoms with van der Waals surface area (Å²) in [7, 11) is 1.73. The molecule has 1 rings (SSSR count). The highest BCUT2D eigenvalue weighted by molar-refractivity contribution is 5.59. The molecule has 0 fully saturated rings. The van der Waals surface area contributed by atoms with Crippen LogP contribution in [0.2, 0.25) is 0 Å². The standard InChI is InChI=1S/C15H28N4O/c1-7-13-17-14(16-8-2)12(5)15(18-13)19(11(3)4)9-10-20-6/h11H,7-10H2,1-6H3,(H,16,17,18). The van der Waals surface area contributed by atoms with Crippen molar-refractivity contribution in [3.63, 3.8) is 0 Å². The van der Waals surface area contributed by atoms with E-state index in [1.54, 1.807) is 7.11 Å². The van der Waals surface area contributed by atoms with Crippen molar-refractivity contribution in [1.29, 1.82) is 0 Å². The molecule has 0 spiro atoms. The van der Waals surface area contributed by atoms with E-state index in [1.807, 2.05) is 0 Å². The van der Waals surface area contributed by atoms with Crippen molar-refractivity contribution in [2.45, 2.75) is 47.1 Å². The largest absolute Gasteiger partial charge is 0.383 e. The molecule has 1 N–H and O–H groups in total. The average Bonchev–Trinajstić information content (AvgIpc) is 2.42. The number of aromatic nitrogens is 2. The maximum atomic E-state index is 5.22. The summed E-state index contributed by atoms with van der Waals surface area (Å²) in [5.41, 5.74) is 1.11. The zero-order valence-corrected chi connectivity index (χ0v) is 13.7. The number of hydrogen-bond acceptors (Lipinski definition) is 5. The van der Waals surface area contributed by atoms with Crippen molar-refractivity contribution in [3.05, 3.63) is 11.4 Å². The molecule has 0 aliphatic carbocycles. The minimum absolute atomic E-state index is 0.373. The Hall–Kier alpha value is -1.36. The molecule has 0 atom stereocenters. The summed E-state index contributed by atoms with van der Waals surface area (Å²) < 4.78 is 5.22. The predicted octanol–water partition coefficient (Wildman–Crippen LogP) is 2.64. The molecule has 0 aliphatic rings. The number of anilines is 2. The monoisotopic (exact) mass is 280 g/mol. The van der Waals surface area contributed by atoms with Gasteiger partial charge in [0.25, 0.3) is 0 Å². The molecule has 0 saturated carbocycles. The maximum Gasteiger partial charge on any atom is 0.137 e. The fraction of sp³-hybridized carbons (Fsp3) is 0.733. The second-order valence-electron chi connectivity index (χ2n) is 5.10. The van der Waals surface area contributed by atoms with Crippen LogP contribution < -0.4 is 10.2 Å². The number of rotatable bonds is 8. The number of nitrogens with zero attached hydrogens (tertiary/aromatic N) is 3. The van der Waals surface area contributed by atoms with Crippen LogP contribution in [0, 0.1) is 6.92 Å². The van der Waals surface area contributed by atoms with Crippen LogP contribution in [-0.4, -0.2) is 42.8 Å². The molecule has 0 aliphatic heterocycles. The SMILES string of the molecule is CCNc1nc(CC)nc(N(CCOC)C(C)C)c1C. The van der Waals surface area contributed by atoms with Gasteiger partial charge in [-0.05, 0) is 27.7 Å². The van der Waals surface area contributed by atoms with Crippen LogP contribution in [-0.2, 0) is 11.2 Å². The van der Waals surface area contributed by atoms with Gasteiger partial charge in [0.15, 0.2) is 0 Å². The van der Waals surface area contributed by atoms with Crippen LogP contribution in [0.15, 0.2) is 0 Å². The number of nitrogens with one attached hydrogen (secondary N) is 1. The van der Waals surface area contributed by atoms with E-state index in [1.165, 1.54) is 0 Å². The van der Waals surface area contributed by atoms with Gasteiger partial charge in [-0.15, -0.1) is 0 Å². The predicted molar refractivity (Wildman–Crippen MR) is 84.7 cm³/mol. The van der Waals surface area contributed by atoms with Gasteiger partial charge in [-0.3, -0.25) is 0 Å². The summed E-state index contributed by atoms with van der Waals surface area (Å²) in [6.45, 7) is 13.0. The first-order chi connectivity index (χ1) is 9.54. The van der Waals surface area contributed by atoms with Gasteiger partial charge in [0.1, 0.15) is 17.5 Å². The van der Waals surface area contributed by atoms with Crippen molar-refractivity contribution < 1.29 is 4.74 Å². The molecule has 0 saturated heterocycles. The topological polar surface area (TPSA) is 50.3 Å². The van der Waals surface area contributed by atoms with E-state index in [0.717, 1.165) is 42.5 Å². The van der Waals surface area contributed by atoms with Crippen molar-refractivity contribution in [1.82, 2.24) is 9.97 Å². The van der Waals surface area contributed by atoms with Crippen LogP contribution in [0.1, 0.15) is 39.1 Å². The highest BCUT2D eigenvalue weighted by atomic mass is 16.5. The maximum absolute atomic E-state index is 5.22. The smallest absolute Gasteiger partial charge is 0.137 e. The van der Waals surface area contributed by atoms with Crippen LogP contribution in [0.3, 0.4) is 0 Å². The molecule has 114 valence electrons. The zero-order valence-electron chi connectivity index (χ0n) is 13.7. The Morgan fingerprint density at radius 2 is 1.95 bits per heavy atom. The molecule has 0 amide bonds. The van der Waals surface area contributed by atoms with Gasteiger partial charge in [0.2, 0.25) is 0 Å². The lowest BCUT2D eigenvalue weighted by molar-refractivity contribution is 0.203. The molecule has 5 heteroatoms. The van der Waals surface area contributed by atoms with Crippen molar-refractivity contribution in [2.75, 3.05) is 37.0 Å². The van der Waals surface area contributed by atoms with Gasteiger partial charge >= 0.3 is 0 Å². The molecule has 5 nitrogen and oxygen atoms in total. The van der Waals surface area contributed by atoms with Crippen LogP contribution in [0.5, 0.6) is 0 Å². The fourth-order valence-electron chi connectivity index (χ4n) is 2.13. The highest BCUT2D eigenvalue weighted by Crippen LogP contribution is 2.25. The highest BCUT2D eigenvalue weighted by Gasteiger charge is 2.18. The first-order valence-corrected chi connectivity index (χ1v) is 7.42. The molecule has 0 unspecified atom stereocenters. The van der Waals surface area contributed by atoms with Gasteiger partial charge in [-0.1, -0.05) is 6.92 Å². The summed E-state index contributed by atoms with van der Waals surface area (Å²) >= 11 is 0. The lowest BCUT2D eigenvalue weighted by Gasteiger charge is -2.30. The third kappa shape index (κ3) is 4.07. The quantitative estimate of drug-likeness (QED) is 0.793. The molecule has 1 heterocycles. The normalized spacial score (nSPS) is 10.9. The second-order valence-corrected chi connectivity index (χ2v) is 5.10. The Balaban J connectivity index is 3.20. The molecular weight excluding hydrogens is 252 g/mol. The lowest BCUT2D eigenvalue weighted by atomic mass is 10.2.